The average Bonchev–Trinajstić information content (AvgIpc) is 2.92. The van der Waals surface area contributed by atoms with E-state index < -0.39 is 11.5 Å². The van der Waals surface area contributed by atoms with Crippen LogP contribution in [0.15, 0.2) is 41.3 Å². The molecule has 10 heteroatoms. The van der Waals surface area contributed by atoms with Crippen LogP contribution in [0, 0.1) is 5.82 Å². The van der Waals surface area contributed by atoms with Crippen molar-refractivity contribution in [2.24, 2.45) is 0 Å². The number of piperazine rings is 1. The first-order valence-electron chi connectivity index (χ1n) is 13.7. The van der Waals surface area contributed by atoms with Crippen molar-refractivity contribution < 1.29 is 9.13 Å². The quantitative estimate of drug-likeness (QED) is 0.367. The molecule has 1 N–H and O–H groups in total. The number of hydrogen-bond donors (Lipinski definition) is 1. The van der Waals surface area contributed by atoms with Crippen LogP contribution >= 0.6 is 11.6 Å². The van der Waals surface area contributed by atoms with Crippen LogP contribution in [0.4, 0.5) is 10.2 Å². The fourth-order valence-corrected chi connectivity index (χ4v) is 5.98. The van der Waals surface area contributed by atoms with Crippen molar-refractivity contribution in [3.63, 3.8) is 0 Å². The van der Waals surface area contributed by atoms with E-state index in [1.807, 2.05) is 26.0 Å². The zero-order valence-corrected chi connectivity index (χ0v) is 23.8. The van der Waals surface area contributed by atoms with Gasteiger partial charge in [-0.3, -0.25) is 4.98 Å². The Balaban J connectivity index is 1.76. The SMILES string of the molecule is CC(C)c1nccc2c1-n1c(=O)nc(N3C[C@@H](C)NC[C@@H]3C)c3cc(Cl)c(nc31)-c1c(F)cccc1COCC2. The van der Waals surface area contributed by atoms with Gasteiger partial charge in [-0.1, -0.05) is 37.6 Å². The van der Waals surface area contributed by atoms with Gasteiger partial charge >= 0.3 is 5.69 Å². The van der Waals surface area contributed by atoms with Gasteiger partial charge in [-0.2, -0.15) is 4.98 Å². The van der Waals surface area contributed by atoms with Gasteiger partial charge in [0.1, 0.15) is 11.6 Å². The highest BCUT2D eigenvalue weighted by molar-refractivity contribution is 6.34. The maximum absolute atomic E-state index is 15.4. The molecule has 1 aromatic carbocycles. The Morgan fingerprint density at radius 3 is 2.80 bits per heavy atom. The highest BCUT2D eigenvalue weighted by atomic mass is 35.5. The van der Waals surface area contributed by atoms with Gasteiger partial charge in [0, 0.05) is 36.9 Å². The molecular weight excluding hydrogens is 531 g/mol. The Morgan fingerprint density at radius 1 is 1.18 bits per heavy atom. The molecule has 8 nitrogen and oxygen atoms in total. The third-order valence-corrected chi connectivity index (χ3v) is 8.04. The predicted molar refractivity (Wildman–Crippen MR) is 155 cm³/mol. The molecule has 4 aromatic rings. The van der Waals surface area contributed by atoms with E-state index in [1.54, 1.807) is 18.3 Å². The standard InChI is InChI=1S/C30H32ClFN6O2/c1-16(2)25-27-19(8-10-33-25)9-11-40-15-20-6-5-7-23(32)24(20)26-22(31)12-21-28(36-30(39)38(27)29(21)35-26)37-14-17(3)34-13-18(37)4/h5-8,10,12,16-18,34H,9,11,13-15H2,1-4H3/t17-,18+/m1/s1. The number of nitrogens with zero attached hydrogens (tertiary/aromatic N) is 5. The van der Waals surface area contributed by atoms with Crippen LogP contribution in [0.5, 0.6) is 0 Å². The van der Waals surface area contributed by atoms with Gasteiger partial charge in [0.15, 0.2) is 5.65 Å². The molecule has 6 rings (SSSR count). The zero-order valence-electron chi connectivity index (χ0n) is 23.0. The summed E-state index contributed by atoms with van der Waals surface area (Å²) >= 11 is 6.89. The lowest BCUT2D eigenvalue weighted by atomic mass is 10.0. The number of fused-ring (bicyclic) bond motifs is 5. The second-order valence-electron chi connectivity index (χ2n) is 11.0. The van der Waals surface area contributed by atoms with Gasteiger partial charge in [0.25, 0.3) is 0 Å². The van der Waals surface area contributed by atoms with Crippen molar-refractivity contribution in [3.8, 4) is 16.9 Å². The summed E-state index contributed by atoms with van der Waals surface area (Å²) in [6.45, 7) is 10.2. The van der Waals surface area contributed by atoms with E-state index in [-0.39, 0.29) is 40.9 Å². The van der Waals surface area contributed by atoms with Crippen molar-refractivity contribution in [3.05, 3.63) is 74.7 Å². The first-order valence-corrected chi connectivity index (χ1v) is 14.1. The smallest absolute Gasteiger partial charge is 0.355 e. The lowest BCUT2D eigenvalue weighted by Gasteiger charge is -2.39. The summed E-state index contributed by atoms with van der Waals surface area (Å²) in [4.78, 5) is 30.5. The lowest BCUT2D eigenvalue weighted by Crippen LogP contribution is -2.55. The molecule has 2 atom stereocenters. The molecule has 0 amide bonds. The summed E-state index contributed by atoms with van der Waals surface area (Å²) in [5.74, 6) is 0.0905. The number of ether oxygens (including phenoxy) is 1. The minimum Gasteiger partial charge on any atom is -0.376 e. The molecular formula is C30H32ClFN6O2. The molecule has 3 aromatic heterocycles. The van der Waals surface area contributed by atoms with Crippen molar-refractivity contribution in [2.45, 2.75) is 58.7 Å². The van der Waals surface area contributed by atoms with Gasteiger partial charge < -0.3 is 15.0 Å². The van der Waals surface area contributed by atoms with Gasteiger partial charge in [-0.05, 0) is 55.5 Å². The Labute approximate surface area is 237 Å². The Kier molecular flexibility index (Phi) is 7.06. The molecule has 0 saturated carbocycles. The zero-order chi connectivity index (χ0) is 28.1. The monoisotopic (exact) mass is 562 g/mol. The van der Waals surface area contributed by atoms with Gasteiger partial charge in [0.2, 0.25) is 0 Å². The van der Waals surface area contributed by atoms with Crippen LogP contribution in [0.25, 0.3) is 28.0 Å². The van der Waals surface area contributed by atoms with Crippen LogP contribution in [0.1, 0.15) is 50.4 Å². The highest BCUT2D eigenvalue weighted by Crippen LogP contribution is 2.38. The van der Waals surface area contributed by atoms with Crippen LogP contribution in [-0.4, -0.2) is 51.3 Å². The third-order valence-electron chi connectivity index (χ3n) is 7.75. The summed E-state index contributed by atoms with van der Waals surface area (Å²) in [6.07, 6.45) is 2.30. The van der Waals surface area contributed by atoms with E-state index in [1.165, 1.54) is 10.6 Å². The number of hydrogen-bond acceptors (Lipinski definition) is 7. The number of halogens is 2. The van der Waals surface area contributed by atoms with E-state index in [4.69, 9.17) is 21.3 Å². The number of pyridine rings is 2. The van der Waals surface area contributed by atoms with Crippen molar-refractivity contribution >= 4 is 28.5 Å². The third kappa shape index (κ3) is 4.56. The van der Waals surface area contributed by atoms with E-state index in [9.17, 15) is 4.79 Å². The molecule has 0 aliphatic carbocycles. The second-order valence-corrected chi connectivity index (χ2v) is 11.4. The van der Waals surface area contributed by atoms with Crippen molar-refractivity contribution in [1.29, 1.82) is 0 Å². The maximum atomic E-state index is 15.4. The van der Waals surface area contributed by atoms with Crippen LogP contribution in [0.2, 0.25) is 5.02 Å². The number of aromatic nitrogens is 4. The number of nitrogens with one attached hydrogen (secondary N) is 1. The number of rotatable bonds is 2. The molecule has 1 saturated heterocycles. The summed E-state index contributed by atoms with van der Waals surface area (Å²) in [5, 5.41) is 4.38. The molecule has 2 aliphatic heterocycles. The first-order chi connectivity index (χ1) is 19.2. The predicted octanol–water partition coefficient (Wildman–Crippen LogP) is 5.02. The highest BCUT2D eigenvalue weighted by Gasteiger charge is 2.30. The number of anilines is 1. The fourth-order valence-electron chi connectivity index (χ4n) is 5.73. The van der Waals surface area contributed by atoms with E-state index in [2.05, 4.69) is 34.0 Å². The van der Waals surface area contributed by atoms with Gasteiger partial charge in [-0.15, -0.1) is 0 Å². The average molecular weight is 563 g/mol. The summed E-state index contributed by atoms with van der Waals surface area (Å²) in [6, 6.07) is 8.82. The summed E-state index contributed by atoms with van der Waals surface area (Å²) in [5.41, 5.74) is 3.37. The minimum absolute atomic E-state index is 0.0179. The topological polar surface area (TPSA) is 85.2 Å². The summed E-state index contributed by atoms with van der Waals surface area (Å²) in [7, 11) is 0. The maximum Gasteiger partial charge on any atom is 0.355 e. The molecule has 0 radical (unpaired) electrons. The molecule has 0 spiro atoms. The van der Waals surface area contributed by atoms with Crippen molar-refractivity contribution in [1.82, 2.24) is 24.8 Å². The largest absolute Gasteiger partial charge is 0.376 e. The molecule has 5 heterocycles. The van der Waals surface area contributed by atoms with Gasteiger partial charge in [-0.25, -0.2) is 18.7 Å². The van der Waals surface area contributed by atoms with Gasteiger partial charge in [0.05, 0.1) is 40.7 Å². The molecule has 2 bridgehead atoms. The Morgan fingerprint density at radius 2 is 2.00 bits per heavy atom. The molecule has 0 unspecified atom stereocenters. The fraction of sp³-hybridized carbons (Fsp3) is 0.400. The normalized spacial score (nSPS) is 19.3. The Bertz CT molecular complexity index is 1670. The van der Waals surface area contributed by atoms with Crippen LogP contribution < -0.4 is 15.9 Å². The Hall–Kier alpha value is -3.40. The molecule has 1 fully saturated rings. The van der Waals surface area contributed by atoms with Crippen LogP contribution in [0.3, 0.4) is 0 Å². The first kappa shape index (κ1) is 26.8. The number of benzene rings is 1. The lowest BCUT2D eigenvalue weighted by molar-refractivity contribution is 0.124. The van der Waals surface area contributed by atoms with Crippen molar-refractivity contribution in [2.75, 3.05) is 24.6 Å². The second kappa shape index (κ2) is 10.5. The van der Waals surface area contributed by atoms with Crippen LogP contribution in [-0.2, 0) is 17.8 Å². The molecule has 40 heavy (non-hydrogen) atoms. The van der Waals surface area contributed by atoms with E-state index in [0.29, 0.717) is 47.7 Å². The summed E-state index contributed by atoms with van der Waals surface area (Å²) < 4.78 is 23.0. The molecule has 208 valence electrons. The minimum atomic E-state index is -0.468. The van der Waals surface area contributed by atoms with E-state index >= 15 is 4.39 Å². The van der Waals surface area contributed by atoms with E-state index in [0.717, 1.165) is 17.8 Å². The molecule has 2 aliphatic rings.